The smallest absolute Gasteiger partial charge is 0.321 e. The van der Waals surface area contributed by atoms with Crippen LogP contribution in [-0.2, 0) is 19.6 Å². The number of aliphatic carboxylic acids is 1. The van der Waals surface area contributed by atoms with Gasteiger partial charge in [0.2, 0.25) is 15.9 Å². The third-order valence-corrected chi connectivity index (χ3v) is 4.96. The molecule has 23 heavy (non-hydrogen) atoms. The fraction of sp³-hybridized carbons (Fsp3) is 0.462. The lowest BCUT2D eigenvalue weighted by Gasteiger charge is -2.25. The molecule has 1 atom stereocenters. The van der Waals surface area contributed by atoms with Gasteiger partial charge < -0.3 is 15.2 Å². The number of aromatic nitrogens is 1. The molecule has 0 aromatic carbocycles. The van der Waals surface area contributed by atoms with Crippen LogP contribution in [0.5, 0.6) is 5.75 Å². The summed E-state index contributed by atoms with van der Waals surface area (Å²) in [7, 11) is -2.75. The molecule has 2 N–H and O–H groups in total. The third kappa shape index (κ3) is 4.89. The summed E-state index contributed by atoms with van der Waals surface area (Å²) >= 11 is 0. The molecule has 0 saturated heterocycles. The van der Waals surface area contributed by atoms with Gasteiger partial charge >= 0.3 is 5.97 Å². The highest BCUT2D eigenvalue weighted by atomic mass is 32.2. The van der Waals surface area contributed by atoms with Crippen molar-refractivity contribution in [1.82, 2.24) is 14.6 Å². The Morgan fingerprint density at radius 1 is 1.43 bits per heavy atom. The third-order valence-electron chi connectivity index (χ3n) is 3.03. The van der Waals surface area contributed by atoms with Crippen molar-refractivity contribution >= 4 is 21.9 Å². The molecule has 128 valence electrons. The number of ether oxygens (including phenoxy) is 1. The highest BCUT2D eigenvalue weighted by Crippen LogP contribution is 2.21. The number of carboxylic acid groups (broad SMARTS) is 1. The Morgan fingerprint density at radius 2 is 2.09 bits per heavy atom. The number of nitrogens with zero attached hydrogens (tertiary/aromatic N) is 2. The topological polar surface area (TPSA) is 126 Å². The van der Waals surface area contributed by atoms with Crippen molar-refractivity contribution in [3.8, 4) is 5.75 Å². The normalized spacial score (nSPS) is 12.7. The molecular weight excluding hydrogens is 326 g/mol. The van der Waals surface area contributed by atoms with E-state index in [9.17, 15) is 18.0 Å². The molecule has 0 saturated carbocycles. The van der Waals surface area contributed by atoms with Crippen LogP contribution in [0.2, 0.25) is 0 Å². The van der Waals surface area contributed by atoms with E-state index in [-0.39, 0.29) is 29.6 Å². The highest BCUT2D eigenvalue weighted by molar-refractivity contribution is 7.89. The number of amides is 1. The molecule has 0 aliphatic rings. The van der Waals surface area contributed by atoms with Crippen molar-refractivity contribution in [2.75, 3.05) is 20.2 Å². The maximum atomic E-state index is 12.7. The summed E-state index contributed by atoms with van der Waals surface area (Å²) in [6.07, 6.45) is 2.44. The van der Waals surface area contributed by atoms with E-state index in [0.29, 0.717) is 0 Å². The Labute approximate surface area is 134 Å². The molecule has 0 spiro atoms. The molecular formula is C13H19N3O6S. The molecule has 0 fully saturated rings. The molecule has 10 heteroatoms. The van der Waals surface area contributed by atoms with Gasteiger partial charge in [0.1, 0.15) is 16.7 Å². The minimum atomic E-state index is -4.12. The Morgan fingerprint density at radius 3 is 2.61 bits per heavy atom. The Kier molecular flexibility index (Phi) is 6.46. The molecule has 0 bridgehead atoms. The Hall–Kier alpha value is -2.20. The molecule has 1 amide bonds. The van der Waals surface area contributed by atoms with Gasteiger partial charge in [0.15, 0.2) is 0 Å². The van der Waals surface area contributed by atoms with Gasteiger partial charge in [0.05, 0.1) is 13.3 Å². The minimum Gasteiger partial charge on any atom is -0.495 e. The highest BCUT2D eigenvalue weighted by Gasteiger charge is 2.33. The van der Waals surface area contributed by atoms with E-state index in [1.54, 1.807) is 0 Å². The summed E-state index contributed by atoms with van der Waals surface area (Å²) in [5.74, 6) is -1.41. The molecule has 0 radical (unpaired) electrons. The van der Waals surface area contributed by atoms with Crippen LogP contribution in [-0.4, -0.2) is 60.9 Å². The summed E-state index contributed by atoms with van der Waals surface area (Å²) in [5, 5.41) is 11.6. The quantitative estimate of drug-likeness (QED) is 0.662. The Balaban J connectivity index is 3.15. The molecule has 0 aliphatic heterocycles. The van der Waals surface area contributed by atoms with Crippen LogP contribution in [0.3, 0.4) is 0 Å². The fourth-order valence-corrected chi connectivity index (χ4v) is 3.34. The maximum absolute atomic E-state index is 12.7. The zero-order valence-corrected chi connectivity index (χ0v) is 13.8. The number of methoxy groups -OCH3 is 1. The number of carbonyl (C=O) groups is 2. The largest absolute Gasteiger partial charge is 0.495 e. The molecule has 1 aromatic heterocycles. The predicted octanol–water partition coefficient (Wildman–Crippen LogP) is -0.310. The van der Waals surface area contributed by atoms with Crippen LogP contribution in [0.25, 0.3) is 0 Å². The monoisotopic (exact) mass is 345 g/mol. The second-order valence-electron chi connectivity index (χ2n) is 4.67. The fourth-order valence-electron chi connectivity index (χ4n) is 1.77. The van der Waals surface area contributed by atoms with Crippen LogP contribution < -0.4 is 10.1 Å². The van der Waals surface area contributed by atoms with Crippen LogP contribution in [0.1, 0.15) is 13.8 Å². The van der Waals surface area contributed by atoms with Gasteiger partial charge in [-0.2, -0.15) is 4.31 Å². The standard InChI is InChI=1S/C13H19N3O6S/c1-9(13(18)19)16(5-4-15-10(2)17)23(20,21)12-6-11(22-3)7-14-8-12/h6-9H,4-5H2,1-3H3,(H,15,17)(H,18,19). The molecule has 1 heterocycles. The van der Waals surface area contributed by atoms with Crippen molar-refractivity contribution in [3.05, 3.63) is 18.5 Å². The number of pyridine rings is 1. The lowest BCUT2D eigenvalue weighted by Crippen LogP contribution is -2.46. The lowest BCUT2D eigenvalue weighted by atomic mass is 10.3. The lowest BCUT2D eigenvalue weighted by molar-refractivity contribution is -0.140. The van der Waals surface area contributed by atoms with Crippen molar-refractivity contribution in [3.63, 3.8) is 0 Å². The first-order valence-electron chi connectivity index (χ1n) is 6.68. The number of hydrogen-bond acceptors (Lipinski definition) is 6. The van der Waals surface area contributed by atoms with Gasteiger partial charge in [0, 0.05) is 32.3 Å². The molecule has 1 rings (SSSR count). The first-order valence-corrected chi connectivity index (χ1v) is 8.12. The van der Waals surface area contributed by atoms with E-state index in [4.69, 9.17) is 9.84 Å². The summed E-state index contributed by atoms with van der Waals surface area (Å²) in [5.41, 5.74) is 0. The van der Waals surface area contributed by atoms with Gasteiger partial charge in [0.25, 0.3) is 0 Å². The van der Waals surface area contributed by atoms with E-state index >= 15 is 0 Å². The summed E-state index contributed by atoms with van der Waals surface area (Å²) in [4.78, 5) is 25.7. The molecule has 1 unspecified atom stereocenters. The number of carboxylic acids is 1. The van der Waals surface area contributed by atoms with E-state index < -0.39 is 22.0 Å². The first-order chi connectivity index (χ1) is 10.7. The minimum absolute atomic E-state index is 0.0103. The molecule has 0 aliphatic carbocycles. The predicted molar refractivity (Wildman–Crippen MR) is 80.5 cm³/mol. The number of nitrogens with one attached hydrogen (secondary N) is 1. The van der Waals surface area contributed by atoms with Crippen molar-refractivity contribution in [2.45, 2.75) is 24.8 Å². The number of hydrogen-bond donors (Lipinski definition) is 2. The first kappa shape index (κ1) is 18.8. The zero-order chi connectivity index (χ0) is 17.6. The molecule has 9 nitrogen and oxygen atoms in total. The average Bonchev–Trinajstić information content (AvgIpc) is 2.50. The van der Waals surface area contributed by atoms with Crippen LogP contribution in [0, 0.1) is 0 Å². The average molecular weight is 345 g/mol. The number of carbonyl (C=O) groups excluding carboxylic acids is 1. The van der Waals surface area contributed by atoms with Gasteiger partial charge in [-0.1, -0.05) is 0 Å². The molecule has 1 aromatic rings. The van der Waals surface area contributed by atoms with Crippen LogP contribution >= 0.6 is 0 Å². The van der Waals surface area contributed by atoms with E-state index in [1.165, 1.54) is 33.2 Å². The number of sulfonamides is 1. The maximum Gasteiger partial charge on any atom is 0.321 e. The SMILES string of the molecule is COc1cncc(S(=O)(=O)N(CCNC(C)=O)C(C)C(=O)O)c1. The van der Waals surface area contributed by atoms with Gasteiger partial charge in [-0.05, 0) is 6.92 Å². The van der Waals surface area contributed by atoms with E-state index in [2.05, 4.69) is 10.3 Å². The zero-order valence-electron chi connectivity index (χ0n) is 13.0. The van der Waals surface area contributed by atoms with E-state index in [0.717, 1.165) is 10.5 Å². The van der Waals surface area contributed by atoms with Crippen molar-refractivity contribution in [2.24, 2.45) is 0 Å². The second kappa shape index (κ2) is 7.88. The number of rotatable bonds is 8. The summed E-state index contributed by atoms with van der Waals surface area (Å²) < 4.78 is 31.1. The van der Waals surface area contributed by atoms with Crippen molar-refractivity contribution in [1.29, 1.82) is 0 Å². The van der Waals surface area contributed by atoms with Gasteiger partial charge in [-0.3, -0.25) is 14.6 Å². The van der Waals surface area contributed by atoms with Gasteiger partial charge in [-0.25, -0.2) is 8.42 Å². The van der Waals surface area contributed by atoms with Crippen LogP contribution in [0.15, 0.2) is 23.4 Å². The second-order valence-corrected chi connectivity index (χ2v) is 6.56. The van der Waals surface area contributed by atoms with Crippen LogP contribution in [0.4, 0.5) is 0 Å². The summed E-state index contributed by atoms with van der Waals surface area (Å²) in [6, 6.07) is -0.0533. The van der Waals surface area contributed by atoms with Gasteiger partial charge in [-0.15, -0.1) is 0 Å². The Bertz CT molecular complexity index is 676. The van der Waals surface area contributed by atoms with Crippen molar-refractivity contribution < 1.29 is 27.9 Å². The summed E-state index contributed by atoms with van der Waals surface area (Å²) in [6.45, 7) is 2.34. The van der Waals surface area contributed by atoms with E-state index in [1.807, 2.05) is 0 Å².